The minimum atomic E-state index is 0.345. The van der Waals surface area contributed by atoms with Gasteiger partial charge in [-0.25, -0.2) is 0 Å². The number of rotatable bonds is 3. The standard InChI is InChI=1S/C6H8BrCl/c1-2-3-6(7)4-5-8/h2,4-6H,1,3H2/b5-4+. The van der Waals surface area contributed by atoms with Crippen molar-refractivity contribution in [1.29, 1.82) is 0 Å². The first-order valence-corrected chi connectivity index (χ1v) is 3.68. The SMILES string of the molecule is C=CCC(Br)/C=C/Cl. The number of hydrogen-bond acceptors (Lipinski definition) is 0. The van der Waals surface area contributed by atoms with E-state index in [4.69, 9.17) is 11.6 Å². The highest BCUT2D eigenvalue weighted by atomic mass is 79.9. The summed E-state index contributed by atoms with van der Waals surface area (Å²) in [6.45, 7) is 3.58. The highest BCUT2D eigenvalue weighted by molar-refractivity contribution is 9.09. The van der Waals surface area contributed by atoms with Gasteiger partial charge in [-0.1, -0.05) is 39.7 Å². The van der Waals surface area contributed by atoms with E-state index in [1.807, 2.05) is 12.2 Å². The van der Waals surface area contributed by atoms with Gasteiger partial charge in [0.25, 0.3) is 0 Å². The Labute approximate surface area is 63.4 Å². The Hall–Kier alpha value is 0.250. The topological polar surface area (TPSA) is 0 Å². The molecule has 0 aromatic carbocycles. The Kier molecular flexibility index (Phi) is 5.56. The molecule has 0 bridgehead atoms. The van der Waals surface area contributed by atoms with Crippen molar-refractivity contribution >= 4 is 27.5 Å². The van der Waals surface area contributed by atoms with Crippen LogP contribution < -0.4 is 0 Å². The molecule has 8 heavy (non-hydrogen) atoms. The first-order valence-electron chi connectivity index (χ1n) is 2.33. The van der Waals surface area contributed by atoms with Gasteiger partial charge in [-0.15, -0.1) is 6.58 Å². The van der Waals surface area contributed by atoms with E-state index in [-0.39, 0.29) is 0 Å². The van der Waals surface area contributed by atoms with E-state index in [1.165, 1.54) is 5.54 Å². The number of alkyl halides is 1. The van der Waals surface area contributed by atoms with Crippen molar-refractivity contribution in [2.75, 3.05) is 0 Å². The summed E-state index contributed by atoms with van der Waals surface area (Å²) in [5.41, 5.74) is 1.50. The zero-order chi connectivity index (χ0) is 6.41. The molecule has 1 atom stereocenters. The molecule has 0 N–H and O–H groups in total. The third-order valence-electron chi connectivity index (χ3n) is 0.673. The van der Waals surface area contributed by atoms with Crippen molar-refractivity contribution in [2.45, 2.75) is 11.2 Å². The fourth-order valence-electron chi connectivity index (χ4n) is 0.317. The van der Waals surface area contributed by atoms with Crippen LogP contribution in [0.5, 0.6) is 0 Å². The lowest BCUT2D eigenvalue weighted by atomic mass is 10.3. The lowest BCUT2D eigenvalue weighted by Gasteiger charge is -1.94. The van der Waals surface area contributed by atoms with Gasteiger partial charge in [-0.3, -0.25) is 0 Å². The monoisotopic (exact) mass is 194 g/mol. The van der Waals surface area contributed by atoms with Crippen LogP contribution in [-0.2, 0) is 0 Å². The van der Waals surface area contributed by atoms with Crippen LogP contribution in [0.25, 0.3) is 0 Å². The molecule has 0 saturated heterocycles. The second kappa shape index (κ2) is 5.39. The minimum absolute atomic E-state index is 0.345. The number of halogens is 2. The average Bonchev–Trinajstić information content (AvgIpc) is 1.68. The van der Waals surface area contributed by atoms with Gasteiger partial charge >= 0.3 is 0 Å². The quantitative estimate of drug-likeness (QED) is 0.480. The van der Waals surface area contributed by atoms with E-state index in [2.05, 4.69) is 22.5 Å². The Morgan fingerprint density at radius 3 is 2.75 bits per heavy atom. The van der Waals surface area contributed by atoms with Gasteiger partial charge in [0, 0.05) is 10.4 Å². The summed E-state index contributed by atoms with van der Waals surface area (Å²) in [5, 5.41) is 0. The van der Waals surface area contributed by atoms with Crippen LogP contribution in [0.1, 0.15) is 6.42 Å². The van der Waals surface area contributed by atoms with E-state index in [0.29, 0.717) is 4.83 Å². The summed E-state index contributed by atoms with van der Waals surface area (Å²) in [6.07, 6.45) is 4.63. The molecule has 0 aliphatic carbocycles. The zero-order valence-electron chi connectivity index (χ0n) is 4.48. The average molecular weight is 195 g/mol. The smallest absolute Gasteiger partial charge is 0.0371 e. The van der Waals surface area contributed by atoms with E-state index in [9.17, 15) is 0 Å². The molecule has 0 aliphatic rings. The zero-order valence-corrected chi connectivity index (χ0v) is 6.82. The fourth-order valence-corrected chi connectivity index (χ4v) is 1.08. The summed E-state index contributed by atoms with van der Waals surface area (Å²) in [7, 11) is 0. The second-order valence-electron chi connectivity index (χ2n) is 1.36. The molecule has 0 nitrogen and oxygen atoms in total. The van der Waals surface area contributed by atoms with Crippen molar-refractivity contribution in [3.05, 3.63) is 24.3 Å². The lowest BCUT2D eigenvalue weighted by Crippen LogP contribution is -1.86. The maximum Gasteiger partial charge on any atom is 0.0371 e. The molecule has 0 saturated carbocycles. The molecule has 0 radical (unpaired) electrons. The van der Waals surface area contributed by atoms with Gasteiger partial charge in [-0.05, 0) is 6.42 Å². The highest BCUT2D eigenvalue weighted by Gasteiger charge is 1.91. The molecule has 2 heteroatoms. The van der Waals surface area contributed by atoms with E-state index in [0.717, 1.165) is 6.42 Å². The number of hydrogen-bond donors (Lipinski definition) is 0. The molecule has 0 amide bonds. The van der Waals surface area contributed by atoms with Gasteiger partial charge in [0.15, 0.2) is 0 Å². The minimum Gasteiger partial charge on any atom is -0.103 e. The molecule has 0 aromatic rings. The van der Waals surface area contributed by atoms with Gasteiger partial charge < -0.3 is 0 Å². The molecular formula is C6H8BrCl. The van der Waals surface area contributed by atoms with Crippen molar-refractivity contribution in [1.82, 2.24) is 0 Å². The third kappa shape index (κ3) is 4.41. The summed E-state index contributed by atoms with van der Waals surface area (Å²) >= 11 is 8.64. The Morgan fingerprint density at radius 2 is 2.38 bits per heavy atom. The van der Waals surface area contributed by atoms with Crippen LogP contribution in [0.2, 0.25) is 0 Å². The summed E-state index contributed by atoms with van der Waals surface area (Å²) in [5.74, 6) is 0. The Balaban J connectivity index is 3.31. The number of allylic oxidation sites excluding steroid dienone is 2. The van der Waals surface area contributed by atoms with Gasteiger partial charge in [-0.2, -0.15) is 0 Å². The molecule has 1 unspecified atom stereocenters. The lowest BCUT2D eigenvalue weighted by molar-refractivity contribution is 1.10. The van der Waals surface area contributed by atoms with E-state index < -0.39 is 0 Å². The van der Waals surface area contributed by atoms with E-state index >= 15 is 0 Å². The first kappa shape index (κ1) is 8.25. The van der Waals surface area contributed by atoms with Crippen molar-refractivity contribution in [3.63, 3.8) is 0 Å². The molecule has 0 aromatic heterocycles. The van der Waals surface area contributed by atoms with Crippen LogP contribution in [0, 0.1) is 0 Å². The van der Waals surface area contributed by atoms with Gasteiger partial charge in [0.2, 0.25) is 0 Å². The predicted octanol–water partition coefficient (Wildman–Crippen LogP) is 3.08. The van der Waals surface area contributed by atoms with Crippen LogP contribution in [-0.4, -0.2) is 4.83 Å². The van der Waals surface area contributed by atoms with Gasteiger partial charge in [0.05, 0.1) is 0 Å². The van der Waals surface area contributed by atoms with Crippen LogP contribution in [0.4, 0.5) is 0 Å². The normalized spacial score (nSPS) is 14.2. The van der Waals surface area contributed by atoms with Gasteiger partial charge in [0.1, 0.15) is 0 Å². The van der Waals surface area contributed by atoms with Crippen molar-refractivity contribution in [2.24, 2.45) is 0 Å². The highest BCUT2D eigenvalue weighted by Crippen LogP contribution is 2.06. The molecule has 0 rings (SSSR count). The predicted molar refractivity (Wildman–Crippen MR) is 42.5 cm³/mol. The maximum absolute atomic E-state index is 5.29. The van der Waals surface area contributed by atoms with Crippen LogP contribution in [0.3, 0.4) is 0 Å². The largest absolute Gasteiger partial charge is 0.103 e. The first-order chi connectivity index (χ1) is 3.81. The fraction of sp³-hybridized carbons (Fsp3) is 0.333. The summed E-state index contributed by atoms with van der Waals surface area (Å²) in [4.78, 5) is 0.345. The summed E-state index contributed by atoms with van der Waals surface area (Å²) < 4.78 is 0. The molecule has 0 spiro atoms. The van der Waals surface area contributed by atoms with Crippen LogP contribution in [0.15, 0.2) is 24.3 Å². The van der Waals surface area contributed by atoms with E-state index in [1.54, 1.807) is 0 Å². The molecular weight excluding hydrogens is 187 g/mol. The molecule has 0 heterocycles. The maximum atomic E-state index is 5.29. The molecule has 0 fully saturated rings. The summed E-state index contributed by atoms with van der Waals surface area (Å²) in [6, 6.07) is 0. The van der Waals surface area contributed by atoms with Crippen LogP contribution >= 0.6 is 27.5 Å². The third-order valence-corrected chi connectivity index (χ3v) is 1.50. The van der Waals surface area contributed by atoms with Crippen molar-refractivity contribution < 1.29 is 0 Å². The van der Waals surface area contributed by atoms with Crippen molar-refractivity contribution in [3.8, 4) is 0 Å². The molecule has 46 valence electrons. The Morgan fingerprint density at radius 1 is 1.75 bits per heavy atom. The Bertz CT molecular complexity index is 88.5. The molecule has 0 aliphatic heterocycles. The second-order valence-corrected chi connectivity index (χ2v) is 2.79.